The Morgan fingerprint density at radius 2 is 1.55 bits per heavy atom. The van der Waals surface area contributed by atoms with Crippen molar-refractivity contribution in [3.05, 3.63) is 91.3 Å². The SMILES string of the molecule is Cc1cc(OCc2ccc(F)cc2F)c(Br)c(=O)n1-c1cc(C(C)(C)O)cc(C(C)(C)O)c1. The Bertz CT molecular complexity index is 1220. The lowest BCUT2D eigenvalue weighted by atomic mass is 9.90. The molecule has 0 unspecified atom stereocenters. The molecule has 0 radical (unpaired) electrons. The topological polar surface area (TPSA) is 71.7 Å². The van der Waals surface area contributed by atoms with Crippen LogP contribution < -0.4 is 10.3 Å². The smallest absolute Gasteiger partial charge is 0.273 e. The molecular formula is C25H26BrF2NO4. The highest BCUT2D eigenvalue weighted by Gasteiger charge is 2.24. The van der Waals surface area contributed by atoms with Crippen LogP contribution in [0.3, 0.4) is 0 Å². The Balaban J connectivity index is 2.07. The van der Waals surface area contributed by atoms with E-state index in [2.05, 4.69) is 15.9 Å². The van der Waals surface area contributed by atoms with E-state index in [1.54, 1.807) is 58.9 Å². The molecular weight excluding hydrogens is 496 g/mol. The molecule has 2 aromatic carbocycles. The van der Waals surface area contributed by atoms with Crippen molar-refractivity contribution in [2.45, 2.75) is 52.4 Å². The maximum atomic E-state index is 13.9. The minimum absolute atomic E-state index is 0.120. The zero-order valence-electron chi connectivity index (χ0n) is 19.0. The van der Waals surface area contributed by atoms with Gasteiger partial charge in [-0.15, -0.1) is 0 Å². The van der Waals surface area contributed by atoms with E-state index >= 15 is 0 Å². The molecule has 0 amide bonds. The fourth-order valence-electron chi connectivity index (χ4n) is 3.35. The van der Waals surface area contributed by atoms with Gasteiger partial charge in [0.2, 0.25) is 0 Å². The van der Waals surface area contributed by atoms with Gasteiger partial charge in [0.15, 0.2) is 0 Å². The lowest BCUT2D eigenvalue weighted by molar-refractivity contribution is 0.0717. The lowest BCUT2D eigenvalue weighted by Gasteiger charge is -2.25. The van der Waals surface area contributed by atoms with Gasteiger partial charge in [0.05, 0.1) is 11.2 Å². The summed E-state index contributed by atoms with van der Waals surface area (Å²) in [6.07, 6.45) is 0. The molecule has 8 heteroatoms. The zero-order valence-corrected chi connectivity index (χ0v) is 20.6. The molecule has 2 N–H and O–H groups in total. The van der Waals surface area contributed by atoms with Crippen molar-refractivity contribution >= 4 is 15.9 Å². The summed E-state index contributed by atoms with van der Waals surface area (Å²) < 4.78 is 34.3. The number of aliphatic hydroxyl groups is 2. The number of ether oxygens (including phenoxy) is 1. The van der Waals surface area contributed by atoms with Gasteiger partial charge >= 0.3 is 0 Å². The summed E-state index contributed by atoms with van der Waals surface area (Å²) in [5.41, 5.74) is -0.631. The second kappa shape index (κ2) is 9.00. The molecule has 176 valence electrons. The predicted octanol–water partition coefficient (Wildman–Crippen LogP) is 5.22. The van der Waals surface area contributed by atoms with Crippen molar-refractivity contribution in [3.8, 4) is 11.4 Å². The first-order valence-electron chi connectivity index (χ1n) is 10.3. The van der Waals surface area contributed by atoms with Gasteiger partial charge in [0, 0.05) is 29.1 Å². The summed E-state index contributed by atoms with van der Waals surface area (Å²) in [4.78, 5) is 13.2. The summed E-state index contributed by atoms with van der Waals surface area (Å²) in [5.74, 6) is -1.22. The van der Waals surface area contributed by atoms with E-state index in [0.29, 0.717) is 22.5 Å². The molecule has 0 aliphatic heterocycles. The van der Waals surface area contributed by atoms with Gasteiger partial charge in [-0.25, -0.2) is 8.78 Å². The highest BCUT2D eigenvalue weighted by molar-refractivity contribution is 9.10. The highest BCUT2D eigenvalue weighted by atomic mass is 79.9. The van der Waals surface area contributed by atoms with Crippen molar-refractivity contribution in [1.29, 1.82) is 0 Å². The number of aryl methyl sites for hydroxylation is 1. The first kappa shape index (κ1) is 25.1. The maximum Gasteiger partial charge on any atom is 0.273 e. The Kier molecular flexibility index (Phi) is 6.84. The molecule has 0 aliphatic carbocycles. The summed E-state index contributed by atoms with van der Waals surface area (Å²) in [7, 11) is 0. The molecule has 3 rings (SSSR count). The normalized spacial score (nSPS) is 12.2. The molecule has 0 atom stereocenters. The second-order valence-electron chi connectivity index (χ2n) is 9.02. The van der Waals surface area contributed by atoms with Crippen molar-refractivity contribution in [2.24, 2.45) is 0 Å². The van der Waals surface area contributed by atoms with Crippen LogP contribution >= 0.6 is 15.9 Å². The van der Waals surface area contributed by atoms with E-state index in [9.17, 15) is 23.8 Å². The van der Waals surface area contributed by atoms with Gasteiger partial charge in [-0.1, -0.05) is 0 Å². The zero-order chi connectivity index (χ0) is 24.7. The number of nitrogens with zero attached hydrogens (tertiary/aromatic N) is 1. The van der Waals surface area contributed by atoms with Crippen LogP contribution in [0.5, 0.6) is 5.75 Å². The summed E-state index contributed by atoms with van der Waals surface area (Å²) in [6.45, 7) is 8.01. The fourth-order valence-corrected chi connectivity index (χ4v) is 3.75. The Morgan fingerprint density at radius 1 is 0.970 bits per heavy atom. The molecule has 3 aromatic rings. The van der Waals surface area contributed by atoms with Crippen LogP contribution in [0.2, 0.25) is 0 Å². The van der Waals surface area contributed by atoms with Crippen molar-refractivity contribution < 1.29 is 23.7 Å². The van der Waals surface area contributed by atoms with Crippen LogP contribution in [0.4, 0.5) is 8.78 Å². The third-order valence-corrected chi connectivity index (χ3v) is 6.02. The van der Waals surface area contributed by atoms with Crippen molar-refractivity contribution in [2.75, 3.05) is 0 Å². The Morgan fingerprint density at radius 3 is 2.06 bits per heavy atom. The molecule has 0 bridgehead atoms. The molecule has 0 saturated heterocycles. The molecule has 1 aromatic heterocycles. The van der Waals surface area contributed by atoms with Gasteiger partial charge in [0.1, 0.15) is 28.5 Å². The summed E-state index contributed by atoms with van der Waals surface area (Å²) in [6, 6.07) is 9.88. The number of hydrogen-bond donors (Lipinski definition) is 2. The second-order valence-corrected chi connectivity index (χ2v) is 9.81. The van der Waals surface area contributed by atoms with Crippen LogP contribution in [0.1, 0.15) is 50.1 Å². The monoisotopic (exact) mass is 521 g/mol. The minimum atomic E-state index is -1.20. The van der Waals surface area contributed by atoms with E-state index in [0.717, 1.165) is 12.1 Å². The number of hydrogen-bond acceptors (Lipinski definition) is 4. The molecule has 0 aliphatic rings. The third kappa shape index (κ3) is 5.51. The van der Waals surface area contributed by atoms with E-state index in [-0.39, 0.29) is 22.4 Å². The molecule has 0 fully saturated rings. The molecule has 0 saturated carbocycles. The van der Waals surface area contributed by atoms with E-state index in [1.165, 1.54) is 10.6 Å². The highest BCUT2D eigenvalue weighted by Crippen LogP contribution is 2.31. The summed E-state index contributed by atoms with van der Waals surface area (Å²) >= 11 is 3.27. The first-order valence-corrected chi connectivity index (χ1v) is 11.1. The van der Waals surface area contributed by atoms with Crippen LogP contribution in [0, 0.1) is 18.6 Å². The lowest BCUT2D eigenvalue weighted by Crippen LogP contribution is -2.25. The van der Waals surface area contributed by atoms with Gasteiger partial charge in [-0.05, 0) is 92.0 Å². The van der Waals surface area contributed by atoms with Gasteiger partial charge in [-0.2, -0.15) is 0 Å². The fraction of sp³-hybridized carbons (Fsp3) is 0.320. The largest absolute Gasteiger partial charge is 0.487 e. The first-order chi connectivity index (χ1) is 15.2. The Hall–Kier alpha value is -2.55. The van der Waals surface area contributed by atoms with Gasteiger partial charge < -0.3 is 14.9 Å². The number of benzene rings is 2. The van der Waals surface area contributed by atoms with Crippen LogP contribution in [-0.4, -0.2) is 14.8 Å². The number of aromatic nitrogens is 1. The van der Waals surface area contributed by atoms with Crippen molar-refractivity contribution in [1.82, 2.24) is 4.57 Å². The molecule has 1 heterocycles. The van der Waals surface area contributed by atoms with Crippen molar-refractivity contribution in [3.63, 3.8) is 0 Å². The minimum Gasteiger partial charge on any atom is -0.487 e. The summed E-state index contributed by atoms with van der Waals surface area (Å²) in [5, 5.41) is 21.1. The van der Waals surface area contributed by atoms with Crippen LogP contribution in [-0.2, 0) is 17.8 Å². The van der Waals surface area contributed by atoms with E-state index < -0.39 is 28.4 Å². The average Bonchev–Trinajstić information content (AvgIpc) is 2.69. The average molecular weight is 522 g/mol. The maximum absolute atomic E-state index is 13.9. The van der Waals surface area contributed by atoms with Gasteiger partial charge in [0.25, 0.3) is 5.56 Å². The van der Waals surface area contributed by atoms with Crippen LogP contribution in [0.25, 0.3) is 5.69 Å². The number of halogens is 3. The Labute approximate surface area is 199 Å². The van der Waals surface area contributed by atoms with E-state index in [1.807, 2.05) is 0 Å². The standard InChI is InChI=1S/C25H26BrF2NO4/c1-14-8-21(33-13-15-6-7-18(27)12-20(15)28)22(26)23(30)29(14)19-10-16(24(2,3)31)9-17(11-19)25(4,5)32/h6-12,31-32H,13H2,1-5H3. The quantitative estimate of drug-likeness (QED) is 0.466. The third-order valence-electron chi connectivity index (χ3n) is 5.29. The molecule has 33 heavy (non-hydrogen) atoms. The molecule has 5 nitrogen and oxygen atoms in total. The predicted molar refractivity (Wildman–Crippen MR) is 126 cm³/mol. The van der Waals surface area contributed by atoms with Gasteiger partial charge in [-0.3, -0.25) is 9.36 Å². The van der Waals surface area contributed by atoms with E-state index in [4.69, 9.17) is 4.74 Å². The number of pyridine rings is 1. The molecule has 0 spiro atoms. The van der Waals surface area contributed by atoms with Crippen LogP contribution in [0.15, 0.2) is 51.7 Å². The number of rotatable bonds is 6.